The van der Waals surface area contributed by atoms with Gasteiger partial charge >= 0.3 is 6.61 Å². The molecule has 0 fully saturated rings. The molecule has 1 aromatic carbocycles. The van der Waals surface area contributed by atoms with Gasteiger partial charge in [0.2, 0.25) is 0 Å². The van der Waals surface area contributed by atoms with E-state index in [0.717, 1.165) is 18.7 Å². The average Bonchev–Trinajstić information content (AvgIpc) is 2.92. The first-order chi connectivity index (χ1) is 10.1. The number of ether oxygens (including phenoxy) is 1. The number of nitrogens with zero attached hydrogens (tertiary/aromatic N) is 1. The van der Waals surface area contributed by atoms with Gasteiger partial charge < -0.3 is 14.6 Å². The Morgan fingerprint density at radius 3 is 2.76 bits per heavy atom. The number of hydrogen-bond acceptors (Lipinski definition) is 2. The number of hydrogen-bond donors (Lipinski definition) is 1. The van der Waals surface area contributed by atoms with E-state index in [1.54, 1.807) is 12.1 Å². The minimum Gasteiger partial charge on any atom is -0.435 e. The van der Waals surface area contributed by atoms with Crippen molar-refractivity contribution >= 4 is 0 Å². The highest BCUT2D eigenvalue weighted by Gasteiger charge is 2.09. The Morgan fingerprint density at radius 1 is 1.29 bits per heavy atom. The summed E-state index contributed by atoms with van der Waals surface area (Å²) in [4.78, 5) is 0. The van der Waals surface area contributed by atoms with Crippen LogP contribution in [-0.2, 0) is 13.1 Å². The second-order valence-corrected chi connectivity index (χ2v) is 4.90. The second-order valence-electron chi connectivity index (χ2n) is 4.90. The van der Waals surface area contributed by atoms with Crippen molar-refractivity contribution in [3.05, 3.63) is 53.9 Å². The molecule has 0 aliphatic rings. The van der Waals surface area contributed by atoms with Crippen LogP contribution in [0.3, 0.4) is 0 Å². The summed E-state index contributed by atoms with van der Waals surface area (Å²) in [6.45, 7) is 2.97. The van der Waals surface area contributed by atoms with Crippen LogP contribution in [0, 0.1) is 0 Å². The minimum absolute atomic E-state index is 0.0520. The normalized spacial score (nSPS) is 12.6. The van der Waals surface area contributed by atoms with Crippen LogP contribution in [0.4, 0.5) is 8.78 Å². The molecule has 0 amide bonds. The van der Waals surface area contributed by atoms with Crippen LogP contribution in [0.1, 0.15) is 31.0 Å². The lowest BCUT2D eigenvalue weighted by Crippen LogP contribution is -2.18. The summed E-state index contributed by atoms with van der Waals surface area (Å²) in [5, 5.41) is 3.38. The molecule has 1 N–H and O–H groups in total. The zero-order valence-corrected chi connectivity index (χ0v) is 12.2. The van der Waals surface area contributed by atoms with Crippen LogP contribution >= 0.6 is 0 Å². The fourth-order valence-corrected chi connectivity index (χ4v) is 2.14. The predicted molar refractivity (Wildman–Crippen MR) is 78.4 cm³/mol. The molecule has 3 nitrogen and oxygen atoms in total. The smallest absolute Gasteiger partial charge is 0.387 e. The number of aryl methyl sites for hydroxylation is 1. The molecule has 114 valence electrons. The molecule has 21 heavy (non-hydrogen) atoms. The molecule has 2 aromatic rings. The Morgan fingerprint density at radius 2 is 2.10 bits per heavy atom. The first-order valence-electron chi connectivity index (χ1n) is 7.01. The molecule has 0 aliphatic carbocycles. The Kier molecular flexibility index (Phi) is 5.33. The SMILES string of the molecule is CCn1ccc(CNC(C)c2cccc(OC(F)F)c2)c1. The van der Waals surface area contributed by atoms with E-state index in [1.165, 1.54) is 11.6 Å². The van der Waals surface area contributed by atoms with Crippen molar-refractivity contribution in [1.82, 2.24) is 9.88 Å². The lowest BCUT2D eigenvalue weighted by molar-refractivity contribution is -0.0499. The van der Waals surface area contributed by atoms with Crippen molar-refractivity contribution in [1.29, 1.82) is 0 Å². The highest BCUT2D eigenvalue weighted by Crippen LogP contribution is 2.21. The van der Waals surface area contributed by atoms with Gasteiger partial charge in [-0.2, -0.15) is 8.78 Å². The quantitative estimate of drug-likeness (QED) is 0.836. The highest BCUT2D eigenvalue weighted by molar-refractivity contribution is 5.30. The maximum absolute atomic E-state index is 12.2. The molecule has 1 aromatic heterocycles. The Labute approximate surface area is 123 Å². The van der Waals surface area contributed by atoms with Crippen molar-refractivity contribution in [2.45, 2.75) is 39.6 Å². The molecule has 0 saturated heterocycles. The fraction of sp³-hybridized carbons (Fsp3) is 0.375. The zero-order valence-electron chi connectivity index (χ0n) is 12.2. The number of aromatic nitrogens is 1. The predicted octanol–water partition coefficient (Wildman–Crippen LogP) is 3.96. The number of benzene rings is 1. The average molecular weight is 294 g/mol. The zero-order chi connectivity index (χ0) is 15.2. The summed E-state index contributed by atoms with van der Waals surface area (Å²) in [5.41, 5.74) is 2.12. The molecule has 1 unspecified atom stereocenters. The van der Waals surface area contributed by atoms with Crippen molar-refractivity contribution in [2.75, 3.05) is 0 Å². The number of halogens is 2. The maximum atomic E-state index is 12.2. The van der Waals surface area contributed by atoms with Crippen molar-refractivity contribution in [3.63, 3.8) is 0 Å². The van der Waals surface area contributed by atoms with Gasteiger partial charge in [-0.3, -0.25) is 0 Å². The van der Waals surface area contributed by atoms with Gasteiger partial charge in [-0.15, -0.1) is 0 Å². The minimum atomic E-state index is -2.79. The summed E-state index contributed by atoms with van der Waals surface area (Å²) in [6, 6.07) is 8.91. The second kappa shape index (κ2) is 7.22. The molecule has 1 heterocycles. The summed E-state index contributed by atoms with van der Waals surface area (Å²) in [5.74, 6) is 0.188. The molecular weight excluding hydrogens is 274 g/mol. The Hall–Kier alpha value is -1.88. The van der Waals surface area contributed by atoms with Crippen molar-refractivity contribution in [3.8, 4) is 5.75 Å². The van der Waals surface area contributed by atoms with Crippen LogP contribution in [0.5, 0.6) is 5.75 Å². The van der Waals surface area contributed by atoms with E-state index in [0.29, 0.717) is 0 Å². The third-order valence-corrected chi connectivity index (χ3v) is 3.37. The van der Waals surface area contributed by atoms with E-state index in [9.17, 15) is 8.78 Å². The molecule has 0 aliphatic heterocycles. The first kappa shape index (κ1) is 15.5. The standard InChI is InChI=1S/C16H20F2N2O/c1-3-20-8-7-13(11-20)10-19-12(2)14-5-4-6-15(9-14)21-16(17)18/h4-9,11-12,16,19H,3,10H2,1-2H3. The van der Waals surface area contributed by atoms with Crippen LogP contribution in [0.15, 0.2) is 42.7 Å². The molecule has 0 saturated carbocycles. The van der Waals surface area contributed by atoms with E-state index in [-0.39, 0.29) is 11.8 Å². The number of nitrogens with one attached hydrogen (secondary N) is 1. The van der Waals surface area contributed by atoms with Gasteiger partial charge in [-0.1, -0.05) is 12.1 Å². The van der Waals surface area contributed by atoms with Gasteiger partial charge in [0.05, 0.1) is 0 Å². The lowest BCUT2D eigenvalue weighted by Gasteiger charge is -2.15. The van der Waals surface area contributed by atoms with Gasteiger partial charge in [-0.05, 0) is 43.2 Å². The van der Waals surface area contributed by atoms with Crippen LogP contribution in [-0.4, -0.2) is 11.2 Å². The molecule has 0 bridgehead atoms. The molecule has 0 spiro atoms. The largest absolute Gasteiger partial charge is 0.435 e. The highest BCUT2D eigenvalue weighted by atomic mass is 19.3. The summed E-state index contributed by atoms with van der Waals surface area (Å²) in [7, 11) is 0. The van der Waals surface area contributed by atoms with Gasteiger partial charge in [0.1, 0.15) is 5.75 Å². The van der Waals surface area contributed by atoms with Gasteiger partial charge in [0, 0.05) is 31.5 Å². The maximum Gasteiger partial charge on any atom is 0.387 e. The first-order valence-corrected chi connectivity index (χ1v) is 7.01. The monoisotopic (exact) mass is 294 g/mol. The fourth-order valence-electron chi connectivity index (χ4n) is 2.14. The Bertz CT molecular complexity index is 569. The lowest BCUT2D eigenvalue weighted by atomic mass is 10.1. The topological polar surface area (TPSA) is 26.2 Å². The third kappa shape index (κ3) is 4.56. The number of rotatable bonds is 7. The van der Waals surface area contributed by atoms with E-state index in [2.05, 4.69) is 33.8 Å². The number of alkyl halides is 2. The summed E-state index contributed by atoms with van der Waals surface area (Å²) >= 11 is 0. The van der Waals surface area contributed by atoms with Crippen molar-refractivity contribution in [2.24, 2.45) is 0 Å². The molecular formula is C16H20F2N2O. The van der Waals surface area contributed by atoms with E-state index < -0.39 is 6.61 Å². The third-order valence-electron chi connectivity index (χ3n) is 3.37. The van der Waals surface area contributed by atoms with E-state index in [4.69, 9.17) is 0 Å². The van der Waals surface area contributed by atoms with Gasteiger partial charge in [0.15, 0.2) is 0 Å². The van der Waals surface area contributed by atoms with Crippen LogP contribution < -0.4 is 10.1 Å². The van der Waals surface area contributed by atoms with Crippen molar-refractivity contribution < 1.29 is 13.5 Å². The molecule has 0 radical (unpaired) electrons. The molecule has 5 heteroatoms. The van der Waals surface area contributed by atoms with E-state index >= 15 is 0 Å². The summed E-state index contributed by atoms with van der Waals surface area (Å²) < 4.78 is 31.0. The van der Waals surface area contributed by atoms with Gasteiger partial charge in [0.25, 0.3) is 0 Å². The molecule has 2 rings (SSSR count). The summed E-state index contributed by atoms with van der Waals surface area (Å²) in [6.07, 6.45) is 4.13. The van der Waals surface area contributed by atoms with Gasteiger partial charge in [-0.25, -0.2) is 0 Å². The van der Waals surface area contributed by atoms with Crippen LogP contribution in [0.2, 0.25) is 0 Å². The molecule has 1 atom stereocenters. The Balaban J connectivity index is 1.94. The van der Waals surface area contributed by atoms with E-state index in [1.807, 2.05) is 19.2 Å². The van der Waals surface area contributed by atoms with Crippen LogP contribution in [0.25, 0.3) is 0 Å².